The molecule has 3 N–H and O–H groups in total. The lowest BCUT2D eigenvalue weighted by Crippen LogP contribution is -2.38. The van der Waals surface area contributed by atoms with E-state index in [4.69, 9.17) is 16.3 Å². The number of pyridine rings is 1. The van der Waals surface area contributed by atoms with Gasteiger partial charge in [-0.05, 0) is 26.8 Å². The highest BCUT2D eigenvalue weighted by Crippen LogP contribution is 2.23. The molecule has 112 valence electrons. The molecule has 0 saturated carbocycles. The standard InChI is InChI=1S/C13H19ClN2O4/c1-13(2,3)20-12(19)16-7-10(17)11(18)8-6-15-5-4-9(8)14/h4-6,10-11,17-18H,7H2,1-3H3,(H,16,19). The van der Waals surface area contributed by atoms with E-state index in [1.54, 1.807) is 20.8 Å². The number of carbonyl (C=O) groups excluding carboxylic acids is 1. The van der Waals surface area contributed by atoms with Crippen LogP contribution in [0.1, 0.15) is 32.4 Å². The maximum Gasteiger partial charge on any atom is 0.407 e. The van der Waals surface area contributed by atoms with Crippen LogP contribution in [0.2, 0.25) is 5.02 Å². The van der Waals surface area contributed by atoms with E-state index in [2.05, 4.69) is 10.3 Å². The summed E-state index contributed by atoms with van der Waals surface area (Å²) < 4.78 is 5.02. The highest BCUT2D eigenvalue weighted by atomic mass is 35.5. The van der Waals surface area contributed by atoms with Crippen molar-refractivity contribution in [1.82, 2.24) is 10.3 Å². The largest absolute Gasteiger partial charge is 0.444 e. The predicted molar refractivity (Wildman–Crippen MR) is 74.5 cm³/mol. The summed E-state index contributed by atoms with van der Waals surface area (Å²) in [6.07, 6.45) is -0.287. The Morgan fingerprint density at radius 3 is 2.70 bits per heavy atom. The van der Waals surface area contributed by atoms with Crippen molar-refractivity contribution in [1.29, 1.82) is 0 Å². The molecule has 6 nitrogen and oxygen atoms in total. The summed E-state index contributed by atoms with van der Waals surface area (Å²) in [7, 11) is 0. The Hall–Kier alpha value is -1.37. The quantitative estimate of drug-likeness (QED) is 0.786. The molecule has 7 heteroatoms. The molecule has 20 heavy (non-hydrogen) atoms. The second kappa shape index (κ2) is 6.88. The molecule has 0 aromatic carbocycles. The van der Waals surface area contributed by atoms with E-state index in [1.807, 2.05) is 0 Å². The average molecular weight is 303 g/mol. The molecule has 0 aliphatic carbocycles. The van der Waals surface area contributed by atoms with Gasteiger partial charge >= 0.3 is 6.09 Å². The Morgan fingerprint density at radius 1 is 1.50 bits per heavy atom. The summed E-state index contributed by atoms with van der Waals surface area (Å²) in [6.45, 7) is 5.02. The fourth-order valence-corrected chi connectivity index (χ4v) is 1.65. The molecule has 1 amide bonds. The zero-order valence-corrected chi connectivity index (χ0v) is 12.4. The summed E-state index contributed by atoms with van der Waals surface area (Å²) in [5.74, 6) is 0. The van der Waals surface area contributed by atoms with Crippen LogP contribution in [0.15, 0.2) is 18.5 Å². The number of aliphatic hydroxyl groups is 2. The molecule has 0 saturated heterocycles. The number of alkyl carbamates (subject to hydrolysis) is 1. The summed E-state index contributed by atoms with van der Waals surface area (Å²) in [4.78, 5) is 15.2. The van der Waals surface area contributed by atoms with Crippen LogP contribution in [-0.4, -0.2) is 39.5 Å². The van der Waals surface area contributed by atoms with Gasteiger partial charge in [0.25, 0.3) is 0 Å². The molecule has 1 aromatic rings. The zero-order valence-electron chi connectivity index (χ0n) is 11.6. The van der Waals surface area contributed by atoms with Crippen molar-refractivity contribution in [3.05, 3.63) is 29.0 Å². The highest BCUT2D eigenvalue weighted by molar-refractivity contribution is 6.31. The van der Waals surface area contributed by atoms with E-state index in [-0.39, 0.29) is 6.54 Å². The van der Waals surface area contributed by atoms with Crippen molar-refractivity contribution in [2.75, 3.05) is 6.54 Å². The molecular weight excluding hydrogens is 284 g/mol. The number of hydrogen-bond donors (Lipinski definition) is 3. The third-order valence-electron chi connectivity index (χ3n) is 2.33. The summed E-state index contributed by atoms with van der Waals surface area (Å²) in [5.41, 5.74) is -0.326. The van der Waals surface area contributed by atoms with Crippen LogP contribution in [0.5, 0.6) is 0 Å². The maximum atomic E-state index is 11.4. The number of hydrogen-bond acceptors (Lipinski definition) is 5. The first-order valence-electron chi connectivity index (χ1n) is 6.13. The molecule has 0 radical (unpaired) electrons. The normalized spacial score (nSPS) is 14.5. The van der Waals surface area contributed by atoms with Gasteiger partial charge in [0.15, 0.2) is 0 Å². The van der Waals surface area contributed by atoms with Gasteiger partial charge in [0.1, 0.15) is 17.8 Å². The van der Waals surface area contributed by atoms with Gasteiger partial charge in [0.05, 0.1) is 0 Å². The van der Waals surface area contributed by atoms with Crippen LogP contribution in [0.4, 0.5) is 4.79 Å². The minimum atomic E-state index is -1.24. The van der Waals surface area contributed by atoms with Crippen molar-refractivity contribution < 1.29 is 19.7 Å². The van der Waals surface area contributed by atoms with E-state index in [0.29, 0.717) is 10.6 Å². The topological polar surface area (TPSA) is 91.7 Å². The van der Waals surface area contributed by atoms with Crippen molar-refractivity contribution in [2.24, 2.45) is 0 Å². The van der Waals surface area contributed by atoms with Gasteiger partial charge < -0.3 is 20.3 Å². The minimum Gasteiger partial charge on any atom is -0.444 e. The number of ether oxygens (including phenoxy) is 1. The van der Waals surface area contributed by atoms with Crippen molar-refractivity contribution in [3.8, 4) is 0 Å². The molecule has 1 rings (SSSR count). The molecule has 0 spiro atoms. The number of halogens is 1. The van der Waals surface area contributed by atoms with Crippen LogP contribution >= 0.6 is 11.6 Å². The number of amides is 1. The molecular formula is C13H19ClN2O4. The van der Waals surface area contributed by atoms with Gasteiger partial charge in [-0.2, -0.15) is 0 Å². The van der Waals surface area contributed by atoms with E-state index >= 15 is 0 Å². The van der Waals surface area contributed by atoms with Crippen LogP contribution in [0.25, 0.3) is 0 Å². The SMILES string of the molecule is CC(C)(C)OC(=O)NCC(O)C(O)c1cnccc1Cl. The number of carbonyl (C=O) groups is 1. The van der Waals surface area contributed by atoms with Crippen LogP contribution < -0.4 is 5.32 Å². The number of rotatable bonds is 4. The third kappa shape index (κ3) is 5.32. The van der Waals surface area contributed by atoms with Crippen molar-refractivity contribution in [3.63, 3.8) is 0 Å². The Kier molecular flexibility index (Phi) is 5.74. The lowest BCUT2D eigenvalue weighted by molar-refractivity contribution is 0.0128. The fraction of sp³-hybridized carbons (Fsp3) is 0.538. The lowest BCUT2D eigenvalue weighted by atomic mass is 10.1. The molecule has 2 atom stereocenters. The predicted octanol–water partition coefficient (Wildman–Crippen LogP) is 1.65. The van der Waals surface area contributed by atoms with Gasteiger partial charge in [-0.25, -0.2) is 4.79 Å². The molecule has 0 aliphatic heterocycles. The zero-order chi connectivity index (χ0) is 15.3. The second-order valence-corrected chi connectivity index (χ2v) is 5.70. The van der Waals surface area contributed by atoms with Crippen LogP contribution in [-0.2, 0) is 4.74 Å². The van der Waals surface area contributed by atoms with Crippen molar-refractivity contribution in [2.45, 2.75) is 38.6 Å². The molecule has 0 fully saturated rings. The van der Waals surface area contributed by atoms with E-state index in [0.717, 1.165) is 0 Å². The Bertz CT molecular complexity index is 462. The van der Waals surface area contributed by atoms with Gasteiger partial charge in [0, 0.05) is 29.5 Å². The number of aromatic nitrogens is 1. The highest BCUT2D eigenvalue weighted by Gasteiger charge is 2.23. The van der Waals surface area contributed by atoms with Gasteiger partial charge in [0.2, 0.25) is 0 Å². The Labute approximate surface area is 122 Å². The average Bonchev–Trinajstić information content (AvgIpc) is 2.33. The molecule has 0 bridgehead atoms. The molecule has 1 heterocycles. The maximum absolute atomic E-state index is 11.4. The number of aliphatic hydroxyl groups excluding tert-OH is 2. The van der Waals surface area contributed by atoms with Gasteiger partial charge in [-0.1, -0.05) is 11.6 Å². The monoisotopic (exact) mass is 302 g/mol. The van der Waals surface area contributed by atoms with Crippen molar-refractivity contribution >= 4 is 17.7 Å². The Balaban J connectivity index is 2.53. The number of nitrogens with zero attached hydrogens (tertiary/aromatic N) is 1. The van der Waals surface area contributed by atoms with Gasteiger partial charge in [-0.3, -0.25) is 4.98 Å². The lowest BCUT2D eigenvalue weighted by Gasteiger charge is -2.22. The van der Waals surface area contributed by atoms with Crippen LogP contribution in [0, 0.1) is 0 Å². The Morgan fingerprint density at radius 2 is 2.15 bits per heavy atom. The first kappa shape index (κ1) is 16.7. The molecule has 0 aliphatic rings. The smallest absolute Gasteiger partial charge is 0.407 e. The first-order chi connectivity index (χ1) is 9.20. The first-order valence-corrected chi connectivity index (χ1v) is 6.51. The fourth-order valence-electron chi connectivity index (χ4n) is 1.43. The summed E-state index contributed by atoms with van der Waals surface area (Å²) in [6, 6.07) is 1.51. The second-order valence-electron chi connectivity index (χ2n) is 5.29. The van der Waals surface area contributed by atoms with Crippen LogP contribution in [0.3, 0.4) is 0 Å². The third-order valence-corrected chi connectivity index (χ3v) is 2.68. The van der Waals surface area contributed by atoms with E-state index in [1.165, 1.54) is 18.5 Å². The summed E-state index contributed by atoms with van der Waals surface area (Å²) >= 11 is 5.89. The van der Waals surface area contributed by atoms with E-state index in [9.17, 15) is 15.0 Å². The minimum absolute atomic E-state index is 0.165. The summed E-state index contributed by atoms with van der Waals surface area (Å²) in [5, 5.41) is 22.5. The number of nitrogens with one attached hydrogen (secondary N) is 1. The molecule has 1 aromatic heterocycles. The van der Waals surface area contributed by atoms with E-state index < -0.39 is 23.9 Å². The molecule has 2 unspecified atom stereocenters. The van der Waals surface area contributed by atoms with Gasteiger partial charge in [-0.15, -0.1) is 0 Å².